The first-order valence-electron chi connectivity index (χ1n) is 27.9. The number of fused-ring (bicyclic) bond motifs is 4. The number of hydrogen-bond acceptors (Lipinski definition) is 4. The van der Waals surface area contributed by atoms with E-state index in [9.17, 15) is 5.26 Å². The van der Waals surface area contributed by atoms with Crippen LogP contribution in [0.25, 0.3) is 117 Å². The van der Waals surface area contributed by atoms with Crippen molar-refractivity contribution in [3.63, 3.8) is 0 Å². The molecule has 394 valence electrons. The number of pyridine rings is 2. The standard InChI is InChI=1S/C76H54N6O/c1-76(2,3)62-35-37-79-74(46-62)82-69-34-31-51(49-77)39-68(69)67-33-32-63(47-72(67)82)83-64-36-38-78-73(48-64)80-50-81(71-30-17-16-29-70(71)80)75-65(60-42-56(52-19-8-4-9-20-52)40-57(43-60)53-21-10-5-11-22-53)27-18-28-66(75)61-44-58(54-23-12-6-13-24-54)41-59(45-61)55-25-14-7-15-26-55/h4-48H,1-3H3. The van der Waals surface area contributed by atoms with E-state index in [2.05, 4.69) is 267 Å². The molecular weight excluding hydrogens is 1010 g/mol. The molecule has 0 N–H and O–H groups in total. The van der Waals surface area contributed by atoms with Gasteiger partial charge in [0.25, 0.3) is 6.33 Å². The molecule has 0 atom stereocenters. The Kier molecular flexibility index (Phi) is 12.7. The fourth-order valence-corrected chi connectivity index (χ4v) is 11.5. The van der Waals surface area contributed by atoms with Gasteiger partial charge >= 0.3 is 0 Å². The summed E-state index contributed by atoms with van der Waals surface area (Å²) in [7, 11) is 0. The first-order valence-corrected chi connectivity index (χ1v) is 27.9. The molecule has 14 rings (SSSR count). The lowest BCUT2D eigenvalue weighted by atomic mass is 9.88. The Morgan fingerprint density at radius 3 is 1.51 bits per heavy atom. The number of nitriles is 1. The minimum Gasteiger partial charge on any atom is -0.458 e. The number of hydrogen-bond donors (Lipinski definition) is 0. The summed E-state index contributed by atoms with van der Waals surface area (Å²) < 4.78 is 13.3. The van der Waals surface area contributed by atoms with Crippen molar-refractivity contribution in [2.75, 3.05) is 0 Å². The highest BCUT2D eigenvalue weighted by molar-refractivity contribution is 6.10. The molecule has 0 aliphatic heterocycles. The average Bonchev–Trinajstić information content (AvgIpc) is 2.54. The Hall–Kier alpha value is -10.9. The largest absolute Gasteiger partial charge is 0.458 e. The minimum absolute atomic E-state index is 0.0900. The molecule has 0 aliphatic rings. The van der Waals surface area contributed by atoms with Crippen LogP contribution in [0, 0.1) is 17.7 Å². The van der Waals surface area contributed by atoms with Gasteiger partial charge in [-0.25, -0.2) is 4.98 Å². The van der Waals surface area contributed by atoms with Crippen LogP contribution in [-0.2, 0) is 5.41 Å². The zero-order valence-electron chi connectivity index (χ0n) is 46.1. The van der Waals surface area contributed by atoms with Gasteiger partial charge in [0, 0.05) is 35.3 Å². The van der Waals surface area contributed by atoms with Crippen LogP contribution in [0.4, 0.5) is 0 Å². The van der Waals surface area contributed by atoms with E-state index in [1.54, 1.807) is 6.20 Å². The first kappa shape index (κ1) is 50.3. The summed E-state index contributed by atoms with van der Waals surface area (Å²) in [5.74, 6) is 2.67. The molecule has 0 unspecified atom stereocenters. The molecule has 0 bridgehead atoms. The van der Waals surface area contributed by atoms with Gasteiger partial charge < -0.3 is 4.74 Å². The number of para-hydroxylation sites is 3. The molecule has 0 radical (unpaired) electrons. The number of ether oxygens (including phenoxy) is 1. The Morgan fingerprint density at radius 1 is 0.422 bits per heavy atom. The highest BCUT2D eigenvalue weighted by Gasteiger charge is 2.24. The number of aromatic nitrogens is 5. The van der Waals surface area contributed by atoms with Crippen LogP contribution < -0.4 is 9.30 Å². The lowest BCUT2D eigenvalue weighted by Gasteiger charge is -2.20. The second-order valence-corrected chi connectivity index (χ2v) is 22.0. The summed E-state index contributed by atoms with van der Waals surface area (Å²) in [5, 5.41) is 11.9. The molecular formula is C76H54N6O. The predicted molar refractivity (Wildman–Crippen MR) is 336 cm³/mol. The molecule has 4 aromatic heterocycles. The fourth-order valence-electron chi connectivity index (χ4n) is 11.5. The predicted octanol–water partition coefficient (Wildman–Crippen LogP) is 18.6. The summed E-state index contributed by atoms with van der Waals surface area (Å²) in [6.45, 7) is 6.62. The van der Waals surface area contributed by atoms with Gasteiger partial charge in [0.15, 0.2) is 5.82 Å². The van der Waals surface area contributed by atoms with Gasteiger partial charge in [0.2, 0.25) is 0 Å². The zero-order valence-corrected chi connectivity index (χ0v) is 46.1. The van der Waals surface area contributed by atoms with E-state index in [0.717, 1.165) is 111 Å². The first-order chi connectivity index (χ1) is 40.7. The highest BCUT2D eigenvalue weighted by Crippen LogP contribution is 2.42. The highest BCUT2D eigenvalue weighted by atomic mass is 16.5. The second-order valence-electron chi connectivity index (χ2n) is 22.0. The lowest BCUT2D eigenvalue weighted by molar-refractivity contribution is -0.571. The Labute approximate surface area is 482 Å². The van der Waals surface area contributed by atoms with Crippen LogP contribution in [0.2, 0.25) is 0 Å². The van der Waals surface area contributed by atoms with Crippen LogP contribution in [0.1, 0.15) is 31.9 Å². The lowest BCUT2D eigenvalue weighted by Crippen LogP contribution is -2.31. The summed E-state index contributed by atoms with van der Waals surface area (Å²) in [5.41, 5.74) is 19.6. The van der Waals surface area contributed by atoms with E-state index in [0.29, 0.717) is 22.9 Å². The normalized spacial score (nSPS) is 11.5. The van der Waals surface area contributed by atoms with Crippen LogP contribution in [0.5, 0.6) is 11.5 Å². The zero-order chi connectivity index (χ0) is 56.0. The maximum absolute atomic E-state index is 9.95. The van der Waals surface area contributed by atoms with Crippen LogP contribution in [0.15, 0.2) is 273 Å². The maximum Gasteiger partial charge on any atom is 0.271 e. The van der Waals surface area contributed by atoms with Crippen molar-refractivity contribution in [2.45, 2.75) is 26.2 Å². The molecule has 7 nitrogen and oxygen atoms in total. The quantitative estimate of drug-likeness (QED) is 0.0956. The summed E-state index contributed by atoms with van der Waals surface area (Å²) in [4.78, 5) is 9.92. The van der Waals surface area contributed by atoms with Crippen LogP contribution >= 0.6 is 0 Å². The van der Waals surface area contributed by atoms with Crippen molar-refractivity contribution in [3.05, 3.63) is 291 Å². The fraction of sp³-hybridized carbons (Fsp3) is 0.0526. The van der Waals surface area contributed by atoms with E-state index in [-0.39, 0.29) is 5.41 Å². The Balaban J connectivity index is 0.950. The Bertz CT molecular complexity index is 4540. The minimum atomic E-state index is -0.0900. The third-order valence-electron chi connectivity index (χ3n) is 15.6. The maximum atomic E-state index is 9.95. The molecule has 0 spiro atoms. The molecule has 83 heavy (non-hydrogen) atoms. The molecule has 0 aliphatic carbocycles. The molecule has 14 aromatic rings. The third kappa shape index (κ3) is 9.58. The van der Waals surface area contributed by atoms with Crippen molar-refractivity contribution < 1.29 is 9.30 Å². The van der Waals surface area contributed by atoms with Crippen molar-refractivity contribution in [1.82, 2.24) is 19.1 Å². The van der Waals surface area contributed by atoms with Crippen molar-refractivity contribution in [3.8, 4) is 102 Å². The van der Waals surface area contributed by atoms with E-state index in [4.69, 9.17) is 14.7 Å². The topological polar surface area (TPSA) is 72.5 Å². The van der Waals surface area contributed by atoms with E-state index < -0.39 is 0 Å². The number of rotatable bonds is 11. The van der Waals surface area contributed by atoms with Gasteiger partial charge in [-0.15, -0.1) is 0 Å². The molecule has 0 fully saturated rings. The molecule has 7 heteroatoms. The van der Waals surface area contributed by atoms with Gasteiger partial charge in [-0.2, -0.15) is 5.26 Å². The van der Waals surface area contributed by atoms with Crippen molar-refractivity contribution in [1.29, 1.82) is 5.26 Å². The van der Waals surface area contributed by atoms with Gasteiger partial charge in [0.05, 0.1) is 39.4 Å². The second kappa shape index (κ2) is 20.9. The molecule has 10 aromatic carbocycles. The summed E-state index contributed by atoms with van der Waals surface area (Å²) >= 11 is 0. The van der Waals surface area contributed by atoms with E-state index >= 15 is 0 Å². The van der Waals surface area contributed by atoms with Gasteiger partial charge in [0.1, 0.15) is 17.3 Å². The van der Waals surface area contributed by atoms with Crippen LogP contribution in [0.3, 0.4) is 0 Å². The van der Waals surface area contributed by atoms with Crippen molar-refractivity contribution in [2.24, 2.45) is 0 Å². The molecule has 0 amide bonds. The number of imidazole rings is 1. The number of nitrogens with zero attached hydrogens (tertiary/aromatic N) is 6. The molecule has 0 saturated heterocycles. The molecule has 0 saturated carbocycles. The SMILES string of the molecule is CC(C)(C)c1ccnc(-n2c3ccc(C#N)cc3c3ccc(Oc4ccnc(-n5[c-][n+](-c6c(-c7cc(-c8ccccc8)cc(-c8ccccc8)c7)cccc6-c6cc(-c7ccccc7)cc(-c7ccccc7)c6)c6ccccc65)c4)cc32)c1. The molecule has 4 heterocycles. The van der Waals surface area contributed by atoms with Gasteiger partial charge in [-0.05, 0) is 163 Å². The van der Waals surface area contributed by atoms with Gasteiger partial charge in [-0.3, -0.25) is 18.7 Å². The smallest absolute Gasteiger partial charge is 0.271 e. The van der Waals surface area contributed by atoms with E-state index in [1.165, 1.54) is 5.56 Å². The third-order valence-corrected chi connectivity index (χ3v) is 15.6. The number of benzene rings is 10. The van der Waals surface area contributed by atoms with Gasteiger partial charge in [-0.1, -0.05) is 185 Å². The Morgan fingerprint density at radius 2 is 0.940 bits per heavy atom. The summed E-state index contributed by atoms with van der Waals surface area (Å²) in [6.07, 6.45) is 7.55. The summed E-state index contributed by atoms with van der Waals surface area (Å²) in [6, 6.07) is 93.9. The van der Waals surface area contributed by atoms with Crippen molar-refractivity contribution >= 4 is 32.8 Å². The van der Waals surface area contributed by atoms with E-state index in [1.807, 2.05) is 47.2 Å². The monoisotopic (exact) mass is 1070 g/mol. The van der Waals surface area contributed by atoms with Crippen LogP contribution in [-0.4, -0.2) is 19.1 Å². The average molecular weight is 1070 g/mol.